The molecule has 1 aliphatic carbocycles. The third-order valence-corrected chi connectivity index (χ3v) is 4.00. The highest BCUT2D eigenvalue weighted by molar-refractivity contribution is 5.44. The van der Waals surface area contributed by atoms with Gasteiger partial charge >= 0.3 is 0 Å². The molecule has 0 bridgehead atoms. The predicted octanol–water partition coefficient (Wildman–Crippen LogP) is 2.03. The topological polar surface area (TPSA) is 32.3 Å². The fraction of sp³-hybridized carbons (Fsp3) is 0.538. The van der Waals surface area contributed by atoms with E-state index in [1.165, 1.54) is 17.5 Å². The van der Waals surface area contributed by atoms with Gasteiger partial charge in [-0.3, -0.25) is 0 Å². The second kappa shape index (κ2) is 3.24. The van der Waals surface area contributed by atoms with E-state index in [1.54, 1.807) is 0 Å². The summed E-state index contributed by atoms with van der Waals surface area (Å²) in [4.78, 5) is 0. The van der Waals surface area contributed by atoms with Crippen molar-refractivity contribution in [2.45, 2.75) is 31.7 Å². The molecular formula is C13H17NO. The van der Waals surface area contributed by atoms with Crippen LogP contribution in [0.25, 0.3) is 0 Å². The summed E-state index contributed by atoms with van der Waals surface area (Å²) < 4.78 is 0. The molecule has 0 radical (unpaired) electrons. The molecule has 1 heterocycles. The van der Waals surface area contributed by atoms with Gasteiger partial charge in [0.05, 0.1) is 0 Å². The Morgan fingerprint density at radius 2 is 2.27 bits per heavy atom. The summed E-state index contributed by atoms with van der Waals surface area (Å²) in [6.07, 6.45) is 2.18. The average molecular weight is 203 g/mol. The smallest absolute Gasteiger partial charge is 0.119 e. The highest BCUT2D eigenvalue weighted by Gasteiger charge is 2.38. The van der Waals surface area contributed by atoms with Crippen LogP contribution in [0.2, 0.25) is 0 Å². The number of fused-ring (bicyclic) bond motifs is 3. The van der Waals surface area contributed by atoms with Crippen LogP contribution in [0.3, 0.4) is 0 Å². The highest BCUT2D eigenvalue weighted by atomic mass is 16.3. The molecule has 0 aromatic heterocycles. The number of rotatable bonds is 0. The molecule has 0 amide bonds. The zero-order valence-corrected chi connectivity index (χ0v) is 9.03. The molecule has 3 rings (SSSR count). The number of phenols is 1. The van der Waals surface area contributed by atoms with Crippen LogP contribution >= 0.6 is 0 Å². The van der Waals surface area contributed by atoms with E-state index in [4.69, 9.17) is 0 Å². The van der Waals surface area contributed by atoms with Crippen molar-refractivity contribution in [1.82, 2.24) is 5.32 Å². The summed E-state index contributed by atoms with van der Waals surface area (Å²) in [6, 6.07) is 6.61. The van der Waals surface area contributed by atoms with Crippen molar-refractivity contribution < 1.29 is 5.11 Å². The molecule has 0 spiro atoms. The third-order valence-electron chi connectivity index (χ3n) is 4.00. The maximum Gasteiger partial charge on any atom is 0.119 e. The Hall–Kier alpha value is -1.02. The lowest BCUT2D eigenvalue weighted by atomic mass is 9.76. The number of phenolic OH excluding ortho intramolecular Hbond substituents is 1. The maximum atomic E-state index is 9.84. The standard InChI is InChI=1S/C13H17NO/c1-8-7-14-11-6-5-9-10(13(8)11)3-2-4-12(9)15/h2-4,8,11,13-15H,5-7H2,1H3/t8-,11-,13+/m0/s1. The number of aromatic hydroxyl groups is 1. The van der Waals surface area contributed by atoms with E-state index >= 15 is 0 Å². The first-order valence-electron chi connectivity index (χ1n) is 5.81. The van der Waals surface area contributed by atoms with E-state index in [2.05, 4.69) is 18.3 Å². The van der Waals surface area contributed by atoms with Crippen molar-refractivity contribution in [1.29, 1.82) is 0 Å². The molecule has 1 aromatic rings. The van der Waals surface area contributed by atoms with Gasteiger partial charge in [-0.15, -0.1) is 0 Å². The van der Waals surface area contributed by atoms with Gasteiger partial charge in [0.2, 0.25) is 0 Å². The maximum absolute atomic E-state index is 9.84. The first-order chi connectivity index (χ1) is 7.27. The van der Waals surface area contributed by atoms with Crippen LogP contribution in [-0.4, -0.2) is 17.7 Å². The first kappa shape index (κ1) is 9.22. The second-order valence-corrected chi connectivity index (χ2v) is 4.90. The van der Waals surface area contributed by atoms with Crippen LogP contribution in [0.15, 0.2) is 18.2 Å². The fourth-order valence-corrected chi connectivity index (χ4v) is 3.27. The van der Waals surface area contributed by atoms with Gasteiger partial charge in [0, 0.05) is 12.0 Å². The van der Waals surface area contributed by atoms with Crippen LogP contribution < -0.4 is 5.32 Å². The summed E-state index contributed by atoms with van der Waals surface area (Å²) in [5.74, 6) is 1.79. The summed E-state index contributed by atoms with van der Waals surface area (Å²) in [7, 11) is 0. The minimum absolute atomic E-state index is 0.491. The van der Waals surface area contributed by atoms with Gasteiger partial charge in [0.25, 0.3) is 0 Å². The molecule has 1 aromatic carbocycles. The molecule has 0 unspecified atom stereocenters. The Labute approximate surface area is 90.3 Å². The van der Waals surface area contributed by atoms with Gasteiger partial charge in [0.15, 0.2) is 0 Å². The van der Waals surface area contributed by atoms with Crippen molar-refractivity contribution in [2.24, 2.45) is 5.92 Å². The van der Waals surface area contributed by atoms with E-state index in [0.717, 1.165) is 13.0 Å². The van der Waals surface area contributed by atoms with Gasteiger partial charge in [0.1, 0.15) is 5.75 Å². The molecule has 1 aliphatic heterocycles. The molecule has 2 heteroatoms. The molecule has 1 saturated heterocycles. The molecule has 2 N–H and O–H groups in total. The molecule has 2 aliphatic rings. The van der Waals surface area contributed by atoms with Crippen LogP contribution in [0, 0.1) is 5.92 Å². The highest BCUT2D eigenvalue weighted by Crippen LogP contribution is 2.42. The summed E-state index contributed by atoms with van der Waals surface area (Å²) in [5, 5.41) is 13.4. The summed E-state index contributed by atoms with van der Waals surface area (Å²) in [5.41, 5.74) is 2.57. The fourth-order valence-electron chi connectivity index (χ4n) is 3.27. The van der Waals surface area contributed by atoms with Crippen LogP contribution in [0.1, 0.15) is 30.4 Å². The Morgan fingerprint density at radius 1 is 1.40 bits per heavy atom. The molecule has 2 nitrogen and oxygen atoms in total. The summed E-state index contributed by atoms with van der Waals surface area (Å²) in [6.45, 7) is 3.42. The Kier molecular flexibility index (Phi) is 1.99. The SMILES string of the molecule is C[C@H]1CN[C@H]2CCc3c(O)cccc3[C@H]21. The van der Waals surface area contributed by atoms with Crippen LogP contribution in [0.5, 0.6) is 5.75 Å². The summed E-state index contributed by atoms with van der Waals surface area (Å²) >= 11 is 0. The lowest BCUT2D eigenvalue weighted by Crippen LogP contribution is -2.30. The quantitative estimate of drug-likeness (QED) is 0.676. The molecule has 80 valence electrons. The van der Waals surface area contributed by atoms with E-state index in [1.807, 2.05) is 12.1 Å². The number of nitrogens with one attached hydrogen (secondary N) is 1. The molecular weight excluding hydrogens is 186 g/mol. The van der Waals surface area contributed by atoms with Gasteiger partial charge in [-0.1, -0.05) is 19.1 Å². The normalized spacial score (nSPS) is 33.5. The predicted molar refractivity (Wildman–Crippen MR) is 60.1 cm³/mol. The van der Waals surface area contributed by atoms with Crippen LogP contribution in [0.4, 0.5) is 0 Å². The minimum atomic E-state index is 0.491. The van der Waals surface area contributed by atoms with E-state index in [9.17, 15) is 5.11 Å². The van der Waals surface area contributed by atoms with E-state index in [-0.39, 0.29) is 0 Å². The monoisotopic (exact) mass is 203 g/mol. The van der Waals surface area contributed by atoms with Crippen molar-refractivity contribution in [3.63, 3.8) is 0 Å². The average Bonchev–Trinajstić information content (AvgIpc) is 2.61. The van der Waals surface area contributed by atoms with E-state index < -0.39 is 0 Å². The first-order valence-corrected chi connectivity index (χ1v) is 5.81. The second-order valence-electron chi connectivity index (χ2n) is 4.90. The molecule has 15 heavy (non-hydrogen) atoms. The van der Waals surface area contributed by atoms with Gasteiger partial charge in [-0.05, 0) is 42.5 Å². The van der Waals surface area contributed by atoms with E-state index in [0.29, 0.717) is 23.6 Å². The number of benzene rings is 1. The number of hydrogen-bond donors (Lipinski definition) is 2. The lowest BCUT2D eigenvalue weighted by molar-refractivity contribution is 0.419. The molecule has 3 atom stereocenters. The van der Waals surface area contributed by atoms with Crippen molar-refractivity contribution >= 4 is 0 Å². The van der Waals surface area contributed by atoms with Crippen molar-refractivity contribution in [3.05, 3.63) is 29.3 Å². The zero-order valence-electron chi connectivity index (χ0n) is 9.03. The zero-order chi connectivity index (χ0) is 10.4. The Morgan fingerprint density at radius 3 is 3.13 bits per heavy atom. The van der Waals surface area contributed by atoms with Gasteiger partial charge < -0.3 is 10.4 Å². The molecule has 1 fully saturated rings. The third kappa shape index (κ3) is 1.28. The van der Waals surface area contributed by atoms with Gasteiger partial charge in [-0.2, -0.15) is 0 Å². The lowest BCUT2D eigenvalue weighted by Gasteiger charge is -2.30. The molecule has 0 saturated carbocycles. The largest absolute Gasteiger partial charge is 0.508 e. The van der Waals surface area contributed by atoms with Crippen molar-refractivity contribution in [2.75, 3.05) is 6.54 Å². The van der Waals surface area contributed by atoms with Gasteiger partial charge in [-0.25, -0.2) is 0 Å². The minimum Gasteiger partial charge on any atom is -0.508 e. The Bertz CT molecular complexity index is 388. The van der Waals surface area contributed by atoms with Crippen molar-refractivity contribution in [3.8, 4) is 5.75 Å². The Balaban J connectivity index is 2.10. The number of hydrogen-bond acceptors (Lipinski definition) is 2. The van der Waals surface area contributed by atoms with Crippen LogP contribution in [-0.2, 0) is 6.42 Å².